The maximum absolute atomic E-state index is 12.1. The van der Waals surface area contributed by atoms with E-state index >= 15 is 0 Å². The van der Waals surface area contributed by atoms with E-state index < -0.39 is 35.8 Å². The second kappa shape index (κ2) is 14.9. The summed E-state index contributed by atoms with van der Waals surface area (Å²) < 4.78 is 0. The Balaban J connectivity index is 2.55. The van der Waals surface area contributed by atoms with E-state index in [-0.39, 0.29) is 39.1 Å². The van der Waals surface area contributed by atoms with E-state index in [0.29, 0.717) is 24.2 Å². The summed E-state index contributed by atoms with van der Waals surface area (Å²) >= 11 is 0. The van der Waals surface area contributed by atoms with Crippen LogP contribution in [0.2, 0.25) is 0 Å². The Morgan fingerprint density at radius 3 is 1.31 bits per heavy atom. The van der Waals surface area contributed by atoms with E-state index in [1.807, 2.05) is 0 Å². The van der Waals surface area contributed by atoms with E-state index in [1.54, 1.807) is 0 Å². The number of amides is 2. The van der Waals surface area contributed by atoms with Gasteiger partial charge in [-0.2, -0.15) is 0 Å². The van der Waals surface area contributed by atoms with Crippen LogP contribution in [0.4, 0.5) is 11.4 Å². The molecule has 1 aromatic rings. The smallest absolute Gasteiger partial charge is 0.321 e. The summed E-state index contributed by atoms with van der Waals surface area (Å²) in [5.41, 5.74) is 0.781. The van der Waals surface area contributed by atoms with Gasteiger partial charge in [-0.25, -0.2) is 0 Å². The van der Waals surface area contributed by atoms with Crippen LogP contribution in [0.15, 0.2) is 24.3 Å². The van der Waals surface area contributed by atoms with Gasteiger partial charge >= 0.3 is 11.9 Å². The van der Waals surface area contributed by atoms with Gasteiger partial charge in [0.25, 0.3) is 0 Å². The predicted octanol–water partition coefficient (Wildman–Crippen LogP) is -0.806. The van der Waals surface area contributed by atoms with Gasteiger partial charge in [0.05, 0.1) is 12.8 Å². The Bertz CT molecular complexity index is 693. The zero-order chi connectivity index (χ0) is 23.9. The number of nitrogens with one attached hydrogen (secondary N) is 4. The molecule has 0 fully saturated rings. The molecule has 2 amide bonds. The largest absolute Gasteiger partial charge is 0.480 e. The van der Waals surface area contributed by atoms with Crippen LogP contribution in [0.25, 0.3) is 0 Å². The number of aliphatic hydroxyl groups is 2. The second-order valence-corrected chi connectivity index (χ2v) is 6.93. The molecule has 2 atom stereocenters. The Morgan fingerprint density at radius 1 is 0.688 bits per heavy atom. The SMILES string of the molecule is O=C(C[C@H](NCCCO)C(=O)O)Nc1ccc(NC(=O)C[C@@H](NCCCO)C(=O)O)cc1. The third-order valence-electron chi connectivity index (χ3n) is 4.28. The number of aliphatic hydroxyl groups excluding tert-OH is 2. The van der Waals surface area contributed by atoms with Crippen LogP contribution in [-0.4, -0.2) is 82.6 Å². The van der Waals surface area contributed by atoms with Gasteiger partial charge in [-0.1, -0.05) is 0 Å². The molecule has 0 aliphatic heterocycles. The van der Waals surface area contributed by atoms with Crippen molar-refractivity contribution in [2.45, 2.75) is 37.8 Å². The monoisotopic (exact) mass is 454 g/mol. The molecule has 178 valence electrons. The third kappa shape index (κ3) is 10.8. The van der Waals surface area contributed by atoms with Gasteiger partial charge in [-0.3, -0.25) is 19.2 Å². The molecule has 0 aromatic heterocycles. The fourth-order valence-electron chi connectivity index (χ4n) is 2.64. The first-order chi connectivity index (χ1) is 15.3. The van der Waals surface area contributed by atoms with E-state index in [1.165, 1.54) is 24.3 Å². The van der Waals surface area contributed by atoms with Crippen molar-refractivity contribution in [2.24, 2.45) is 0 Å². The fraction of sp³-hybridized carbons (Fsp3) is 0.500. The van der Waals surface area contributed by atoms with Crippen molar-refractivity contribution >= 4 is 35.1 Å². The molecule has 32 heavy (non-hydrogen) atoms. The molecule has 0 heterocycles. The highest BCUT2D eigenvalue weighted by Gasteiger charge is 2.21. The highest BCUT2D eigenvalue weighted by molar-refractivity contribution is 5.96. The van der Waals surface area contributed by atoms with Crippen LogP contribution >= 0.6 is 0 Å². The molecule has 12 heteroatoms. The lowest BCUT2D eigenvalue weighted by Gasteiger charge is -2.15. The minimum atomic E-state index is -1.18. The van der Waals surface area contributed by atoms with Crippen LogP contribution in [-0.2, 0) is 19.2 Å². The molecule has 0 radical (unpaired) electrons. The van der Waals surface area contributed by atoms with Crippen molar-refractivity contribution < 1.29 is 39.6 Å². The number of benzene rings is 1. The van der Waals surface area contributed by atoms with Gasteiger partial charge in [0.2, 0.25) is 11.8 Å². The standard InChI is InChI=1S/C20H30N4O8/c25-9-1-7-21-15(19(29)30)11-17(27)23-13-3-5-14(6-4-13)24-18(28)12-16(20(31)32)22-8-2-10-26/h3-6,15-16,21-22,25-26H,1-2,7-12H2,(H,23,27)(H,24,28)(H,29,30)(H,31,32)/t15-,16+. The first-order valence-corrected chi connectivity index (χ1v) is 10.1. The Labute approximate surface area is 185 Å². The summed E-state index contributed by atoms with van der Waals surface area (Å²) in [7, 11) is 0. The average molecular weight is 454 g/mol. The molecule has 8 N–H and O–H groups in total. The van der Waals surface area contributed by atoms with Gasteiger partial charge in [0.1, 0.15) is 12.1 Å². The lowest BCUT2D eigenvalue weighted by Crippen LogP contribution is -2.40. The predicted molar refractivity (Wildman–Crippen MR) is 115 cm³/mol. The molecule has 0 saturated heterocycles. The molecule has 0 saturated carbocycles. The van der Waals surface area contributed by atoms with Gasteiger partial charge in [-0.05, 0) is 50.2 Å². The number of carbonyl (C=O) groups is 4. The van der Waals surface area contributed by atoms with Crippen molar-refractivity contribution in [1.29, 1.82) is 0 Å². The van der Waals surface area contributed by atoms with Crippen LogP contribution < -0.4 is 21.3 Å². The van der Waals surface area contributed by atoms with Gasteiger partial charge in [0, 0.05) is 24.6 Å². The highest BCUT2D eigenvalue weighted by atomic mass is 16.4. The molecule has 0 unspecified atom stereocenters. The second-order valence-electron chi connectivity index (χ2n) is 6.93. The Kier molecular flexibility index (Phi) is 12.5. The van der Waals surface area contributed by atoms with Crippen molar-refractivity contribution in [1.82, 2.24) is 10.6 Å². The van der Waals surface area contributed by atoms with Gasteiger partial charge in [-0.15, -0.1) is 0 Å². The molecule has 1 rings (SSSR count). The lowest BCUT2D eigenvalue weighted by molar-refractivity contribution is -0.141. The van der Waals surface area contributed by atoms with E-state index in [2.05, 4.69) is 21.3 Å². The zero-order valence-corrected chi connectivity index (χ0v) is 17.5. The maximum Gasteiger partial charge on any atom is 0.321 e. The minimum Gasteiger partial charge on any atom is -0.480 e. The third-order valence-corrected chi connectivity index (χ3v) is 4.28. The number of carboxylic acids is 2. The molecule has 0 aliphatic carbocycles. The first kappa shape index (κ1) is 27.0. The molecule has 12 nitrogen and oxygen atoms in total. The van der Waals surface area contributed by atoms with Crippen LogP contribution in [0.5, 0.6) is 0 Å². The topological polar surface area (TPSA) is 197 Å². The number of hydrogen-bond donors (Lipinski definition) is 8. The minimum absolute atomic E-state index is 0.0917. The number of anilines is 2. The molecule has 0 aliphatic rings. The summed E-state index contributed by atoms with van der Waals surface area (Å²) in [6.45, 7) is 0.334. The van der Waals surface area contributed by atoms with E-state index in [0.717, 1.165) is 0 Å². The van der Waals surface area contributed by atoms with E-state index in [4.69, 9.17) is 20.4 Å². The highest BCUT2D eigenvalue weighted by Crippen LogP contribution is 2.14. The Morgan fingerprint density at radius 2 is 1.03 bits per heavy atom. The molecule has 1 aromatic carbocycles. The normalized spacial score (nSPS) is 12.6. The van der Waals surface area contributed by atoms with Gasteiger partial charge in [0.15, 0.2) is 0 Å². The summed E-state index contributed by atoms with van der Waals surface area (Å²) in [6, 6.07) is 3.86. The zero-order valence-electron chi connectivity index (χ0n) is 17.5. The molecule has 0 spiro atoms. The molecular formula is C20H30N4O8. The van der Waals surface area contributed by atoms with Gasteiger partial charge < -0.3 is 41.7 Å². The number of carbonyl (C=O) groups excluding carboxylic acids is 2. The summed E-state index contributed by atoms with van der Waals surface area (Å²) in [5, 5.41) is 46.3. The number of aliphatic carboxylic acids is 2. The first-order valence-electron chi connectivity index (χ1n) is 10.1. The number of rotatable bonds is 16. The molecular weight excluding hydrogens is 424 g/mol. The number of carboxylic acid groups (broad SMARTS) is 2. The fourth-order valence-corrected chi connectivity index (χ4v) is 2.64. The number of hydrogen-bond acceptors (Lipinski definition) is 8. The summed E-state index contributed by atoms with van der Waals surface area (Å²) in [4.78, 5) is 46.7. The van der Waals surface area contributed by atoms with Crippen LogP contribution in [0.1, 0.15) is 25.7 Å². The quantitative estimate of drug-likeness (QED) is 0.146. The van der Waals surface area contributed by atoms with Crippen LogP contribution in [0, 0.1) is 0 Å². The van der Waals surface area contributed by atoms with Crippen molar-refractivity contribution in [3.05, 3.63) is 24.3 Å². The maximum atomic E-state index is 12.1. The molecule has 0 bridgehead atoms. The lowest BCUT2D eigenvalue weighted by atomic mass is 10.1. The van der Waals surface area contributed by atoms with Crippen molar-refractivity contribution in [2.75, 3.05) is 36.9 Å². The van der Waals surface area contributed by atoms with E-state index in [9.17, 15) is 19.2 Å². The van der Waals surface area contributed by atoms with Crippen molar-refractivity contribution in [3.8, 4) is 0 Å². The summed E-state index contributed by atoms with van der Waals surface area (Å²) in [6.07, 6.45) is 0.118. The summed E-state index contributed by atoms with van der Waals surface area (Å²) in [5.74, 6) is -3.41. The van der Waals surface area contributed by atoms with Crippen molar-refractivity contribution in [3.63, 3.8) is 0 Å². The Hall–Kier alpha value is -3.06. The average Bonchev–Trinajstić information content (AvgIpc) is 2.73. The van der Waals surface area contributed by atoms with Crippen LogP contribution in [0.3, 0.4) is 0 Å².